The number of urea groups is 1. The Balaban J connectivity index is 1.96. The zero-order valence-electron chi connectivity index (χ0n) is 13.4. The maximum Gasteiger partial charge on any atom is 0.325 e. The fourth-order valence-electron chi connectivity index (χ4n) is 2.86. The van der Waals surface area contributed by atoms with E-state index in [0.717, 1.165) is 5.69 Å². The molecule has 2 amide bonds. The van der Waals surface area contributed by atoms with E-state index in [1.54, 1.807) is 12.1 Å². The molecule has 0 aliphatic carbocycles. The number of nitrogens with zero attached hydrogens (tertiary/aromatic N) is 2. The summed E-state index contributed by atoms with van der Waals surface area (Å²) in [5.41, 5.74) is 1.79. The molecule has 1 aromatic carbocycles. The molecule has 0 unspecified atom stereocenters. The number of carbonyl (C=O) groups is 2. The Kier molecular flexibility index (Phi) is 5.03. The second-order valence-electron chi connectivity index (χ2n) is 5.51. The van der Waals surface area contributed by atoms with E-state index in [0.29, 0.717) is 28.7 Å². The van der Waals surface area contributed by atoms with Gasteiger partial charge in [0.05, 0.1) is 19.1 Å². The minimum Gasteiger partial charge on any atom is -0.468 e. The quantitative estimate of drug-likeness (QED) is 0.758. The van der Waals surface area contributed by atoms with Crippen molar-refractivity contribution in [1.29, 1.82) is 0 Å². The van der Waals surface area contributed by atoms with Gasteiger partial charge in [0.2, 0.25) is 0 Å². The summed E-state index contributed by atoms with van der Waals surface area (Å²) >= 11 is 3.33. The number of ether oxygens (including phenoxy) is 1. The SMILES string of the molecule is COC(=O)CNC(=O)N1CCc2[nH]cnc2[C@@H]1c1cc(Br)ccc1F. The molecular weight excluding hydrogens is 395 g/mol. The van der Waals surface area contributed by atoms with Crippen molar-refractivity contribution in [3.05, 3.63) is 51.8 Å². The lowest BCUT2D eigenvalue weighted by atomic mass is 9.95. The molecule has 0 bridgehead atoms. The van der Waals surface area contributed by atoms with Gasteiger partial charge in [-0.1, -0.05) is 15.9 Å². The van der Waals surface area contributed by atoms with Crippen LogP contribution in [-0.2, 0) is 16.0 Å². The van der Waals surface area contributed by atoms with Crippen LogP contribution in [0.25, 0.3) is 0 Å². The highest BCUT2D eigenvalue weighted by Gasteiger charge is 2.35. The van der Waals surface area contributed by atoms with Crippen LogP contribution in [0, 0.1) is 5.82 Å². The van der Waals surface area contributed by atoms with E-state index in [1.807, 2.05) is 0 Å². The van der Waals surface area contributed by atoms with Gasteiger partial charge in [0.1, 0.15) is 18.4 Å². The van der Waals surface area contributed by atoms with Crippen LogP contribution in [0.3, 0.4) is 0 Å². The highest BCUT2D eigenvalue weighted by Crippen LogP contribution is 2.35. The number of nitrogens with one attached hydrogen (secondary N) is 2. The number of H-pyrrole nitrogens is 1. The summed E-state index contributed by atoms with van der Waals surface area (Å²) in [6, 6.07) is 3.39. The Morgan fingerprint density at radius 3 is 3.08 bits per heavy atom. The molecule has 0 fully saturated rings. The summed E-state index contributed by atoms with van der Waals surface area (Å²) in [4.78, 5) is 32.6. The van der Waals surface area contributed by atoms with Gasteiger partial charge in [-0.3, -0.25) is 4.79 Å². The average Bonchev–Trinajstić information content (AvgIpc) is 3.09. The van der Waals surface area contributed by atoms with E-state index in [2.05, 4.69) is 36.0 Å². The highest BCUT2D eigenvalue weighted by molar-refractivity contribution is 9.10. The molecular formula is C16H16BrFN4O3. The highest BCUT2D eigenvalue weighted by atomic mass is 79.9. The number of amides is 2. The maximum absolute atomic E-state index is 14.5. The van der Waals surface area contributed by atoms with Crippen LogP contribution in [-0.4, -0.2) is 47.1 Å². The van der Waals surface area contributed by atoms with Crippen molar-refractivity contribution in [1.82, 2.24) is 20.2 Å². The number of aromatic nitrogens is 2. The fourth-order valence-corrected chi connectivity index (χ4v) is 3.23. The lowest BCUT2D eigenvalue weighted by Crippen LogP contribution is -2.47. The van der Waals surface area contributed by atoms with Gasteiger partial charge in [0.25, 0.3) is 0 Å². The lowest BCUT2D eigenvalue weighted by molar-refractivity contribution is -0.139. The van der Waals surface area contributed by atoms with Crippen molar-refractivity contribution in [2.24, 2.45) is 0 Å². The van der Waals surface area contributed by atoms with E-state index in [4.69, 9.17) is 0 Å². The van der Waals surface area contributed by atoms with Crippen LogP contribution in [0.1, 0.15) is 23.0 Å². The van der Waals surface area contributed by atoms with Gasteiger partial charge < -0.3 is 19.9 Å². The van der Waals surface area contributed by atoms with Crippen molar-refractivity contribution in [2.45, 2.75) is 12.5 Å². The van der Waals surface area contributed by atoms with Gasteiger partial charge >= 0.3 is 12.0 Å². The third-order valence-electron chi connectivity index (χ3n) is 4.05. The molecule has 1 aliphatic heterocycles. The van der Waals surface area contributed by atoms with Crippen molar-refractivity contribution in [2.75, 3.05) is 20.2 Å². The number of methoxy groups -OCH3 is 1. The second-order valence-corrected chi connectivity index (χ2v) is 6.43. The molecule has 132 valence electrons. The number of fused-ring (bicyclic) bond motifs is 1. The van der Waals surface area contributed by atoms with Crippen molar-refractivity contribution >= 4 is 27.9 Å². The molecule has 0 radical (unpaired) electrons. The van der Waals surface area contributed by atoms with Crippen LogP contribution < -0.4 is 5.32 Å². The normalized spacial score (nSPS) is 16.3. The first kappa shape index (κ1) is 17.4. The Bertz CT molecular complexity index is 810. The summed E-state index contributed by atoms with van der Waals surface area (Å²) in [7, 11) is 1.24. The van der Waals surface area contributed by atoms with E-state index >= 15 is 0 Å². The van der Waals surface area contributed by atoms with Crippen LogP contribution in [0.15, 0.2) is 29.0 Å². The molecule has 1 aliphatic rings. The third-order valence-corrected chi connectivity index (χ3v) is 4.54. The Morgan fingerprint density at radius 2 is 2.32 bits per heavy atom. The molecule has 2 heterocycles. The number of rotatable bonds is 3. The molecule has 2 aromatic rings. The number of carbonyl (C=O) groups excluding carboxylic acids is 2. The molecule has 3 rings (SSSR count). The predicted molar refractivity (Wildman–Crippen MR) is 90.4 cm³/mol. The zero-order chi connectivity index (χ0) is 18.0. The topological polar surface area (TPSA) is 87.3 Å². The number of benzene rings is 1. The third kappa shape index (κ3) is 3.51. The Labute approximate surface area is 151 Å². The van der Waals surface area contributed by atoms with E-state index in [-0.39, 0.29) is 6.54 Å². The molecule has 7 nitrogen and oxygen atoms in total. The maximum atomic E-state index is 14.5. The van der Waals surface area contributed by atoms with Crippen LogP contribution in [0.2, 0.25) is 0 Å². The summed E-state index contributed by atoms with van der Waals surface area (Å²) in [5.74, 6) is -0.995. The van der Waals surface area contributed by atoms with Crippen molar-refractivity contribution in [3.8, 4) is 0 Å². The van der Waals surface area contributed by atoms with Crippen molar-refractivity contribution in [3.63, 3.8) is 0 Å². The smallest absolute Gasteiger partial charge is 0.325 e. The largest absolute Gasteiger partial charge is 0.468 e. The first-order valence-electron chi connectivity index (χ1n) is 7.59. The van der Waals surface area contributed by atoms with Crippen LogP contribution >= 0.6 is 15.9 Å². The number of halogens is 2. The van der Waals surface area contributed by atoms with E-state index in [9.17, 15) is 14.0 Å². The number of hydrogen-bond donors (Lipinski definition) is 2. The van der Waals surface area contributed by atoms with E-state index < -0.39 is 23.9 Å². The molecule has 9 heteroatoms. The van der Waals surface area contributed by atoms with Crippen LogP contribution in [0.4, 0.5) is 9.18 Å². The molecule has 2 N–H and O–H groups in total. The second kappa shape index (κ2) is 7.22. The van der Waals surface area contributed by atoms with E-state index in [1.165, 1.54) is 24.4 Å². The summed E-state index contributed by atoms with van der Waals surface area (Å²) in [5, 5.41) is 2.50. The molecule has 0 saturated carbocycles. The molecule has 1 aromatic heterocycles. The summed E-state index contributed by atoms with van der Waals surface area (Å²) < 4.78 is 19.7. The predicted octanol–water partition coefficient (Wildman–Crippen LogP) is 2.14. The van der Waals surface area contributed by atoms with Gasteiger partial charge in [0, 0.05) is 28.7 Å². The standard InChI is InChI=1S/C16H16BrFN4O3/c1-25-13(23)7-19-16(24)22-5-4-12-14(21-8-20-12)15(22)10-6-9(17)2-3-11(10)18/h2-3,6,8,15H,4-5,7H2,1H3,(H,19,24)(H,20,21)/t15-/m0/s1. The molecule has 0 saturated heterocycles. The summed E-state index contributed by atoms with van der Waals surface area (Å²) in [6.07, 6.45) is 2.09. The number of imidazole rings is 1. The summed E-state index contributed by atoms with van der Waals surface area (Å²) in [6.45, 7) is 0.103. The number of aromatic amines is 1. The molecule has 0 spiro atoms. The van der Waals surface area contributed by atoms with Gasteiger partial charge in [-0.15, -0.1) is 0 Å². The first-order valence-corrected chi connectivity index (χ1v) is 8.39. The van der Waals surface area contributed by atoms with Crippen LogP contribution in [0.5, 0.6) is 0 Å². The first-order chi connectivity index (χ1) is 12.0. The molecule has 25 heavy (non-hydrogen) atoms. The number of esters is 1. The number of hydrogen-bond acceptors (Lipinski definition) is 4. The van der Waals surface area contributed by atoms with Gasteiger partial charge in [-0.2, -0.15) is 0 Å². The lowest BCUT2D eigenvalue weighted by Gasteiger charge is -2.35. The minimum absolute atomic E-state index is 0.257. The fraction of sp³-hybridized carbons (Fsp3) is 0.312. The zero-order valence-corrected chi connectivity index (χ0v) is 15.0. The molecule has 1 atom stereocenters. The monoisotopic (exact) mass is 410 g/mol. The van der Waals surface area contributed by atoms with Gasteiger partial charge in [-0.05, 0) is 18.2 Å². The van der Waals surface area contributed by atoms with Gasteiger partial charge in [0.15, 0.2) is 0 Å². The van der Waals surface area contributed by atoms with Gasteiger partial charge in [-0.25, -0.2) is 14.2 Å². The minimum atomic E-state index is -0.690. The average molecular weight is 411 g/mol. The Morgan fingerprint density at radius 1 is 1.52 bits per heavy atom. The Hall–Kier alpha value is -2.42. The van der Waals surface area contributed by atoms with Crippen molar-refractivity contribution < 1.29 is 18.7 Å².